The summed E-state index contributed by atoms with van der Waals surface area (Å²) in [6.07, 6.45) is 13.5. The Morgan fingerprint density at radius 2 is 1.85 bits per heavy atom. The molecule has 2 aliphatic rings. The van der Waals surface area contributed by atoms with Crippen molar-refractivity contribution < 1.29 is 19.1 Å². The lowest BCUT2D eigenvalue weighted by Gasteiger charge is -2.09. The molecule has 1 aromatic heterocycles. The first-order valence-electron chi connectivity index (χ1n) is 11.2. The van der Waals surface area contributed by atoms with Crippen LogP contribution in [0.4, 0.5) is 9.52 Å². The van der Waals surface area contributed by atoms with Crippen LogP contribution in [0.2, 0.25) is 0 Å². The van der Waals surface area contributed by atoms with Gasteiger partial charge in [0, 0.05) is 29.7 Å². The second-order valence-electron chi connectivity index (χ2n) is 8.20. The van der Waals surface area contributed by atoms with Gasteiger partial charge in [-0.3, -0.25) is 9.59 Å². The van der Waals surface area contributed by atoms with E-state index in [2.05, 4.69) is 34.6 Å². The van der Waals surface area contributed by atoms with E-state index >= 15 is 0 Å². The Bertz CT molecular complexity index is 1270. The number of rotatable bonds is 5. The number of benzene rings is 2. The van der Waals surface area contributed by atoms with Crippen LogP contribution in [0.5, 0.6) is 0 Å². The molecule has 0 atom stereocenters. The molecule has 0 spiro atoms. The van der Waals surface area contributed by atoms with E-state index in [1.54, 1.807) is 6.07 Å². The molecule has 3 aromatic rings. The Morgan fingerprint density at radius 1 is 1.12 bits per heavy atom. The number of hydrogen-bond acceptors (Lipinski definition) is 5. The van der Waals surface area contributed by atoms with Crippen LogP contribution in [0.3, 0.4) is 0 Å². The first kappa shape index (κ1) is 23.6. The van der Waals surface area contributed by atoms with Gasteiger partial charge in [-0.2, -0.15) is 0 Å². The number of nitrogens with one attached hydrogen (secondary N) is 1. The summed E-state index contributed by atoms with van der Waals surface area (Å²) in [6.45, 7) is -0.250. The first-order chi connectivity index (χ1) is 16.6. The number of Topliss-reactive ketones (excluding diaryl/α,β-unsaturated/α-hetero) is 1. The zero-order valence-electron chi connectivity index (χ0n) is 18.5. The van der Waals surface area contributed by atoms with E-state index in [4.69, 9.17) is 9.90 Å². The zero-order valence-corrected chi connectivity index (χ0v) is 19.4. The monoisotopic (exact) mass is 476 g/mol. The number of fused-ring (bicyclic) bond motifs is 1. The quantitative estimate of drug-likeness (QED) is 0.311. The van der Waals surface area contributed by atoms with Gasteiger partial charge in [-0.25, -0.2) is 9.37 Å². The molecule has 2 aliphatic carbocycles. The van der Waals surface area contributed by atoms with Crippen molar-refractivity contribution in [2.24, 2.45) is 5.92 Å². The third-order valence-electron chi connectivity index (χ3n) is 5.95. The molecule has 2 aromatic carbocycles. The van der Waals surface area contributed by atoms with Crippen LogP contribution in [0, 0.1) is 11.7 Å². The Balaban J connectivity index is 0.000000868. The van der Waals surface area contributed by atoms with Crippen LogP contribution in [0.1, 0.15) is 48.0 Å². The fourth-order valence-corrected chi connectivity index (χ4v) is 5.13. The third-order valence-corrected chi connectivity index (χ3v) is 6.90. The van der Waals surface area contributed by atoms with Crippen LogP contribution in [0.25, 0.3) is 15.8 Å². The molecule has 174 valence electrons. The van der Waals surface area contributed by atoms with E-state index in [1.165, 1.54) is 36.3 Å². The standard InChI is InChI=1S/C26H23FN2OS.CH2O2/c27-21-13-15-24-23(16-21)29-26(31-24)28-22-7-3-6-17(12-14-22)18-8-10-20(11-9-18)25(30)19-4-1-2-5-19;2-1-3/h3,6,8-16,19H,1-2,4-5,7H2,(H,28,29);1H,(H,2,3). The van der Waals surface area contributed by atoms with E-state index in [0.29, 0.717) is 5.52 Å². The second-order valence-corrected chi connectivity index (χ2v) is 9.24. The van der Waals surface area contributed by atoms with Crippen molar-refractivity contribution in [3.05, 3.63) is 89.4 Å². The molecule has 1 saturated carbocycles. The molecule has 5 nitrogen and oxygen atoms in total. The van der Waals surface area contributed by atoms with Gasteiger partial charge in [-0.15, -0.1) is 0 Å². The minimum absolute atomic E-state index is 0.207. The molecule has 5 rings (SSSR count). The number of carbonyl (C=O) groups excluding carboxylic acids is 1. The van der Waals surface area contributed by atoms with Crippen molar-refractivity contribution in [3.63, 3.8) is 0 Å². The van der Waals surface area contributed by atoms with Crippen molar-refractivity contribution in [3.8, 4) is 0 Å². The van der Waals surface area contributed by atoms with Gasteiger partial charge in [-0.1, -0.05) is 66.7 Å². The SMILES string of the molecule is O=C(c1ccc(C2=CC=C(Nc3nc4cc(F)ccc4s3)CC=C2)cc1)C1CCCC1.O=CO. The summed E-state index contributed by atoms with van der Waals surface area (Å²) < 4.78 is 14.4. The molecule has 0 unspecified atom stereocenters. The number of halogens is 1. The Morgan fingerprint density at radius 3 is 2.59 bits per heavy atom. The number of hydrogen-bond donors (Lipinski definition) is 2. The van der Waals surface area contributed by atoms with Crippen molar-refractivity contribution in [2.45, 2.75) is 32.1 Å². The van der Waals surface area contributed by atoms with Gasteiger partial charge in [0.15, 0.2) is 10.9 Å². The lowest BCUT2D eigenvalue weighted by molar-refractivity contribution is -0.122. The number of anilines is 1. The average molecular weight is 477 g/mol. The Labute approximate surface area is 201 Å². The molecule has 0 saturated heterocycles. The first-order valence-corrected chi connectivity index (χ1v) is 12.0. The smallest absolute Gasteiger partial charge is 0.290 e. The molecule has 0 amide bonds. The molecule has 1 heterocycles. The average Bonchev–Trinajstić information content (AvgIpc) is 3.45. The highest BCUT2D eigenvalue weighted by Crippen LogP contribution is 2.30. The molecule has 0 aliphatic heterocycles. The maximum atomic E-state index is 13.4. The maximum Gasteiger partial charge on any atom is 0.290 e. The number of allylic oxidation sites excluding steroid dienone is 5. The summed E-state index contributed by atoms with van der Waals surface area (Å²) in [7, 11) is 0. The number of nitrogens with zero attached hydrogens (tertiary/aromatic N) is 1. The minimum Gasteiger partial charge on any atom is -0.483 e. The summed E-state index contributed by atoms with van der Waals surface area (Å²) in [5, 5.41) is 11.0. The molecular formula is C27H25FN2O3S. The predicted molar refractivity (Wildman–Crippen MR) is 134 cm³/mol. The summed E-state index contributed by atoms with van der Waals surface area (Å²) in [5.74, 6) is 0.222. The lowest BCUT2D eigenvalue weighted by atomic mass is 9.94. The second kappa shape index (κ2) is 11.0. The Kier molecular flexibility index (Phi) is 7.65. The third kappa shape index (κ3) is 5.66. The number of carboxylic acid groups (broad SMARTS) is 1. The van der Waals surface area contributed by atoms with Crippen LogP contribution < -0.4 is 5.32 Å². The topological polar surface area (TPSA) is 79.3 Å². The van der Waals surface area contributed by atoms with Gasteiger partial charge in [0.25, 0.3) is 6.47 Å². The van der Waals surface area contributed by atoms with Crippen molar-refractivity contribution in [1.82, 2.24) is 4.98 Å². The minimum atomic E-state index is -0.274. The molecule has 1 fully saturated rings. The van der Waals surface area contributed by atoms with Crippen LogP contribution in [-0.4, -0.2) is 22.3 Å². The molecule has 0 bridgehead atoms. The predicted octanol–water partition coefficient (Wildman–Crippen LogP) is 6.85. The lowest BCUT2D eigenvalue weighted by Crippen LogP contribution is -2.10. The van der Waals surface area contributed by atoms with Gasteiger partial charge in [-0.05, 0) is 42.2 Å². The molecule has 34 heavy (non-hydrogen) atoms. The fraction of sp³-hybridized carbons (Fsp3) is 0.222. The summed E-state index contributed by atoms with van der Waals surface area (Å²) >= 11 is 1.51. The van der Waals surface area contributed by atoms with Crippen LogP contribution in [0.15, 0.2) is 72.5 Å². The highest BCUT2D eigenvalue weighted by molar-refractivity contribution is 7.22. The number of aromatic nitrogens is 1. The number of carbonyl (C=O) groups is 2. The van der Waals surface area contributed by atoms with Gasteiger partial charge in [0.05, 0.1) is 10.2 Å². The molecule has 7 heteroatoms. The van der Waals surface area contributed by atoms with Gasteiger partial charge in [0.2, 0.25) is 0 Å². The highest BCUT2D eigenvalue weighted by Gasteiger charge is 2.23. The summed E-state index contributed by atoms with van der Waals surface area (Å²) in [4.78, 5) is 25.5. The Hall–Kier alpha value is -3.58. The molecule has 2 N–H and O–H groups in total. The van der Waals surface area contributed by atoms with E-state index in [1.807, 2.05) is 24.3 Å². The maximum absolute atomic E-state index is 13.4. The summed E-state index contributed by atoms with van der Waals surface area (Å²) in [5.41, 5.74) is 4.70. The number of thiazole rings is 1. The van der Waals surface area contributed by atoms with Gasteiger partial charge in [0.1, 0.15) is 5.82 Å². The van der Waals surface area contributed by atoms with E-state index in [-0.39, 0.29) is 24.0 Å². The van der Waals surface area contributed by atoms with Gasteiger partial charge < -0.3 is 10.4 Å². The molecular weight excluding hydrogens is 451 g/mol. The van der Waals surface area contributed by atoms with E-state index in [9.17, 15) is 9.18 Å². The fourth-order valence-electron chi connectivity index (χ4n) is 4.25. The largest absolute Gasteiger partial charge is 0.483 e. The highest BCUT2D eigenvalue weighted by atomic mass is 32.1. The van der Waals surface area contributed by atoms with Crippen LogP contribution in [-0.2, 0) is 4.79 Å². The molecule has 0 radical (unpaired) electrons. The van der Waals surface area contributed by atoms with E-state index in [0.717, 1.165) is 51.5 Å². The summed E-state index contributed by atoms with van der Waals surface area (Å²) in [6, 6.07) is 12.7. The van der Waals surface area contributed by atoms with Crippen LogP contribution >= 0.6 is 11.3 Å². The van der Waals surface area contributed by atoms with Crippen molar-refractivity contribution in [1.29, 1.82) is 0 Å². The zero-order chi connectivity index (χ0) is 23.9. The van der Waals surface area contributed by atoms with Gasteiger partial charge >= 0.3 is 0 Å². The van der Waals surface area contributed by atoms with Crippen molar-refractivity contribution >= 4 is 44.5 Å². The van der Waals surface area contributed by atoms with Crippen molar-refractivity contribution in [2.75, 3.05) is 5.32 Å². The normalized spacial score (nSPS) is 15.7. The van der Waals surface area contributed by atoms with E-state index < -0.39 is 0 Å². The number of ketones is 1.